The summed E-state index contributed by atoms with van der Waals surface area (Å²) in [6, 6.07) is 15.0. The highest BCUT2D eigenvalue weighted by Gasteiger charge is 2.26. The van der Waals surface area contributed by atoms with E-state index in [9.17, 15) is 0 Å². The minimum absolute atomic E-state index is 0.250. The first-order valence-corrected chi connectivity index (χ1v) is 7.34. The van der Waals surface area contributed by atoms with Gasteiger partial charge in [-0.2, -0.15) is 0 Å². The molecule has 0 aliphatic carbocycles. The molecule has 3 heteroatoms. The van der Waals surface area contributed by atoms with Gasteiger partial charge in [0, 0.05) is 30.7 Å². The van der Waals surface area contributed by atoms with Crippen molar-refractivity contribution in [3.8, 4) is 0 Å². The number of halogens is 1. The van der Waals surface area contributed by atoms with E-state index in [1.165, 1.54) is 22.3 Å². The Morgan fingerprint density at radius 3 is 2.35 bits per heavy atom. The highest BCUT2D eigenvalue weighted by Crippen LogP contribution is 2.32. The van der Waals surface area contributed by atoms with Crippen LogP contribution in [0, 0.1) is 6.92 Å². The van der Waals surface area contributed by atoms with Gasteiger partial charge in [-0.1, -0.05) is 41.9 Å². The molecule has 1 atom stereocenters. The molecule has 0 fully saturated rings. The lowest BCUT2D eigenvalue weighted by Gasteiger charge is -2.28. The van der Waals surface area contributed by atoms with Crippen LogP contribution in [0.2, 0.25) is 5.02 Å². The molecule has 2 aromatic carbocycles. The molecule has 0 amide bonds. The van der Waals surface area contributed by atoms with Crippen molar-refractivity contribution in [2.24, 2.45) is 5.73 Å². The minimum Gasteiger partial charge on any atom is -0.329 e. The van der Waals surface area contributed by atoms with Crippen LogP contribution in [0.4, 0.5) is 0 Å². The van der Waals surface area contributed by atoms with Crippen LogP contribution in [-0.2, 0) is 13.1 Å². The number of nitrogens with zero attached hydrogens (tertiary/aromatic N) is 1. The zero-order valence-electron chi connectivity index (χ0n) is 11.6. The van der Waals surface area contributed by atoms with Gasteiger partial charge in [-0.05, 0) is 41.3 Å². The molecule has 2 N–H and O–H groups in total. The summed E-state index contributed by atoms with van der Waals surface area (Å²) in [6.07, 6.45) is 0. The van der Waals surface area contributed by atoms with Crippen molar-refractivity contribution in [2.45, 2.75) is 26.1 Å². The molecule has 0 aromatic heterocycles. The van der Waals surface area contributed by atoms with Crippen molar-refractivity contribution in [1.29, 1.82) is 0 Å². The number of benzene rings is 2. The highest BCUT2D eigenvalue weighted by atomic mass is 35.5. The Balaban J connectivity index is 1.89. The van der Waals surface area contributed by atoms with Crippen LogP contribution in [0.15, 0.2) is 42.5 Å². The molecule has 0 spiro atoms. The van der Waals surface area contributed by atoms with Gasteiger partial charge >= 0.3 is 0 Å². The molecule has 1 heterocycles. The third-order valence-electron chi connectivity index (χ3n) is 4.12. The Morgan fingerprint density at radius 2 is 1.80 bits per heavy atom. The molecule has 0 radical (unpaired) electrons. The molecular weight excluding hydrogens is 268 g/mol. The lowest BCUT2D eigenvalue weighted by molar-refractivity contribution is 0.204. The summed E-state index contributed by atoms with van der Waals surface area (Å²) < 4.78 is 0. The Morgan fingerprint density at radius 1 is 1.15 bits per heavy atom. The first-order chi connectivity index (χ1) is 9.69. The number of hydrogen-bond acceptors (Lipinski definition) is 2. The Bertz CT molecular complexity index is 599. The Hall–Kier alpha value is -1.35. The summed E-state index contributed by atoms with van der Waals surface area (Å²) in [5.41, 5.74) is 11.4. The van der Waals surface area contributed by atoms with Crippen LogP contribution in [-0.4, -0.2) is 11.4 Å². The first kappa shape index (κ1) is 13.6. The second-order valence-corrected chi connectivity index (χ2v) is 5.86. The molecule has 0 saturated carbocycles. The quantitative estimate of drug-likeness (QED) is 0.933. The zero-order chi connectivity index (χ0) is 14.1. The lowest BCUT2D eigenvalue weighted by Crippen LogP contribution is -2.30. The van der Waals surface area contributed by atoms with E-state index in [0.29, 0.717) is 6.54 Å². The molecule has 2 nitrogen and oxygen atoms in total. The van der Waals surface area contributed by atoms with E-state index in [2.05, 4.69) is 42.2 Å². The predicted octanol–water partition coefficient (Wildman–Crippen LogP) is 3.66. The average Bonchev–Trinajstić information content (AvgIpc) is 2.85. The van der Waals surface area contributed by atoms with E-state index in [0.717, 1.165) is 18.1 Å². The van der Waals surface area contributed by atoms with E-state index >= 15 is 0 Å². The molecular formula is C17H19ClN2. The molecule has 3 rings (SSSR count). The molecule has 0 bridgehead atoms. The second kappa shape index (κ2) is 5.57. The fourth-order valence-electron chi connectivity index (χ4n) is 3.07. The lowest BCUT2D eigenvalue weighted by atomic mass is 10.00. The molecule has 1 aliphatic heterocycles. The summed E-state index contributed by atoms with van der Waals surface area (Å²) in [7, 11) is 0. The smallest absolute Gasteiger partial charge is 0.0480 e. The minimum atomic E-state index is 0.250. The molecule has 0 saturated heterocycles. The van der Waals surface area contributed by atoms with Gasteiger partial charge in [0.25, 0.3) is 0 Å². The number of rotatable bonds is 3. The highest BCUT2D eigenvalue weighted by molar-refractivity contribution is 6.30. The van der Waals surface area contributed by atoms with Crippen LogP contribution in [0.5, 0.6) is 0 Å². The van der Waals surface area contributed by atoms with Crippen molar-refractivity contribution >= 4 is 11.6 Å². The van der Waals surface area contributed by atoms with E-state index in [4.69, 9.17) is 17.3 Å². The SMILES string of the molecule is Cc1cc(Cl)ccc1C(CN)N1Cc2ccccc2C1. The molecule has 20 heavy (non-hydrogen) atoms. The number of nitrogens with two attached hydrogens (primary N) is 1. The van der Waals surface area contributed by atoms with Gasteiger partial charge in [0.2, 0.25) is 0 Å². The maximum atomic E-state index is 6.05. The molecule has 1 unspecified atom stereocenters. The van der Waals surface area contributed by atoms with E-state index in [-0.39, 0.29) is 6.04 Å². The third kappa shape index (κ3) is 2.47. The van der Waals surface area contributed by atoms with Crippen LogP contribution >= 0.6 is 11.6 Å². The maximum absolute atomic E-state index is 6.05. The van der Waals surface area contributed by atoms with Crippen molar-refractivity contribution in [3.05, 3.63) is 69.7 Å². The summed E-state index contributed by atoms with van der Waals surface area (Å²) in [5, 5.41) is 0.784. The van der Waals surface area contributed by atoms with E-state index < -0.39 is 0 Å². The third-order valence-corrected chi connectivity index (χ3v) is 4.36. The number of aryl methyl sites for hydroxylation is 1. The zero-order valence-corrected chi connectivity index (χ0v) is 12.4. The Kier molecular flexibility index (Phi) is 3.79. The largest absolute Gasteiger partial charge is 0.329 e. The van der Waals surface area contributed by atoms with E-state index in [1.54, 1.807) is 0 Å². The molecule has 104 valence electrons. The van der Waals surface area contributed by atoms with Gasteiger partial charge in [-0.25, -0.2) is 0 Å². The fraction of sp³-hybridized carbons (Fsp3) is 0.294. The summed E-state index contributed by atoms with van der Waals surface area (Å²) in [4.78, 5) is 2.45. The van der Waals surface area contributed by atoms with E-state index in [1.807, 2.05) is 12.1 Å². The van der Waals surface area contributed by atoms with Crippen molar-refractivity contribution in [1.82, 2.24) is 4.90 Å². The standard InChI is InChI=1S/C17H19ClN2/c1-12-8-15(18)6-7-16(12)17(9-19)20-10-13-4-2-3-5-14(13)11-20/h2-8,17H,9-11,19H2,1H3. The van der Waals surface area contributed by atoms with Crippen molar-refractivity contribution < 1.29 is 0 Å². The summed E-state index contributed by atoms with van der Waals surface area (Å²) in [6.45, 7) is 4.67. The molecule has 1 aliphatic rings. The van der Waals surface area contributed by atoms with Gasteiger partial charge in [-0.3, -0.25) is 4.90 Å². The van der Waals surface area contributed by atoms with Gasteiger partial charge in [-0.15, -0.1) is 0 Å². The van der Waals surface area contributed by atoms with Crippen LogP contribution < -0.4 is 5.73 Å². The summed E-state index contributed by atoms with van der Waals surface area (Å²) in [5.74, 6) is 0. The fourth-order valence-corrected chi connectivity index (χ4v) is 3.29. The Labute approximate surface area is 125 Å². The van der Waals surface area contributed by atoms with Crippen molar-refractivity contribution in [3.63, 3.8) is 0 Å². The first-order valence-electron chi connectivity index (χ1n) is 6.96. The van der Waals surface area contributed by atoms with Gasteiger partial charge < -0.3 is 5.73 Å². The van der Waals surface area contributed by atoms with Crippen LogP contribution in [0.3, 0.4) is 0 Å². The van der Waals surface area contributed by atoms with Crippen LogP contribution in [0.25, 0.3) is 0 Å². The van der Waals surface area contributed by atoms with Gasteiger partial charge in [0.1, 0.15) is 0 Å². The van der Waals surface area contributed by atoms with Gasteiger partial charge in [0.05, 0.1) is 0 Å². The second-order valence-electron chi connectivity index (χ2n) is 5.43. The number of hydrogen-bond donors (Lipinski definition) is 1. The van der Waals surface area contributed by atoms with Crippen LogP contribution in [0.1, 0.15) is 28.3 Å². The normalized spacial score (nSPS) is 16.1. The monoisotopic (exact) mass is 286 g/mol. The summed E-state index contributed by atoms with van der Waals surface area (Å²) >= 11 is 6.05. The van der Waals surface area contributed by atoms with Gasteiger partial charge in [0.15, 0.2) is 0 Å². The topological polar surface area (TPSA) is 29.3 Å². The average molecular weight is 287 g/mol. The maximum Gasteiger partial charge on any atom is 0.0480 e. The van der Waals surface area contributed by atoms with Crippen molar-refractivity contribution in [2.75, 3.05) is 6.54 Å². The molecule has 2 aromatic rings. The number of fused-ring (bicyclic) bond motifs is 1. The predicted molar refractivity (Wildman–Crippen MR) is 83.7 cm³/mol.